The third kappa shape index (κ3) is 3.72. The number of benzene rings is 1. The van der Waals surface area contributed by atoms with Crippen LogP contribution in [0.5, 0.6) is 5.75 Å². The summed E-state index contributed by atoms with van der Waals surface area (Å²) in [6.45, 7) is 5.11. The molecule has 4 heteroatoms. The highest BCUT2D eigenvalue weighted by molar-refractivity contribution is 5.38. The van der Waals surface area contributed by atoms with Crippen LogP contribution in [-0.4, -0.2) is 45.3 Å². The highest BCUT2D eigenvalue weighted by atomic mass is 16.5. The molecule has 0 bridgehead atoms. The minimum Gasteiger partial charge on any atom is -0.496 e. The molecule has 112 valence electrons. The molecule has 2 rings (SSSR count). The van der Waals surface area contributed by atoms with E-state index >= 15 is 0 Å². The van der Waals surface area contributed by atoms with Gasteiger partial charge in [0, 0.05) is 31.3 Å². The average Bonchev–Trinajstić information content (AvgIpc) is 2.84. The lowest BCUT2D eigenvalue weighted by Crippen LogP contribution is -2.33. The minimum atomic E-state index is 0.341. The normalized spacial score (nSPS) is 21.1. The Morgan fingerprint density at radius 1 is 1.40 bits per heavy atom. The van der Waals surface area contributed by atoms with Crippen LogP contribution < -0.4 is 10.1 Å². The topological polar surface area (TPSA) is 33.7 Å². The van der Waals surface area contributed by atoms with Gasteiger partial charge in [-0.25, -0.2) is 0 Å². The van der Waals surface area contributed by atoms with Crippen molar-refractivity contribution in [3.05, 3.63) is 29.3 Å². The van der Waals surface area contributed by atoms with Gasteiger partial charge < -0.3 is 19.7 Å². The summed E-state index contributed by atoms with van der Waals surface area (Å²) >= 11 is 0. The smallest absolute Gasteiger partial charge is 0.124 e. The number of likely N-dealkylation sites (tertiary alicyclic amines) is 1. The van der Waals surface area contributed by atoms with Gasteiger partial charge in [-0.2, -0.15) is 0 Å². The predicted molar refractivity (Wildman–Crippen MR) is 81.2 cm³/mol. The van der Waals surface area contributed by atoms with E-state index in [1.165, 1.54) is 18.5 Å². The van der Waals surface area contributed by atoms with Crippen LogP contribution in [-0.2, 0) is 11.3 Å². The molecular formula is C16H26N2O2. The monoisotopic (exact) mass is 278 g/mol. The van der Waals surface area contributed by atoms with Crippen LogP contribution in [0.2, 0.25) is 0 Å². The molecule has 1 aliphatic rings. The first kappa shape index (κ1) is 15.3. The number of hydrogen-bond donors (Lipinski definition) is 1. The molecule has 1 heterocycles. The molecule has 1 aromatic rings. The van der Waals surface area contributed by atoms with Gasteiger partial charge in [0.05, 0.1) is 13.7 Å². The van der Waals surface area contributed by atoms with Crippen molar-refractivity contribution in [3.63, 3.8) is 0 Å². The molecule has 0 aromatic heterocycles. The van der Waals surface area contributed by atoms with Gasteiger partial charge in [-0.3, -0.25) is 0 Å². The Hall–Kier alpha value is -1.10. The largest absolute Gasteiger partial charge is 0.496 e. The molecule has 0 aliphatic carbocycles. The van der Waals surface area contributed by atoms with Crippen LogP contribution in [0.25, 0.3) is 0 Å². The van der Waals surface area contributed by atoms with Crippen molar-refractivity contribution in [3.8, 4) is 5.75 Å². The second kappa shape index (κ2) is 7.07. The SMILES string of the molecule is COCc1cc(C(C)NC2CCN(C)C2)ccc1OC. The fourth-order valence-corrected chi connectivity index (χ4v) is 2.86. The molecule has 0 amide bonds. The van der Waals surface area contributed by atoms with Gasteiger partial charge in [0.15, 0.2) is 0 Å². The van der Waals surface area contributed by atoms with Crippen molar-refractivity contribution >= 4 is 0 Å². The number of methoxy groups -OCH3 is 2. The highest BCUT2D eigenvalue weighted by Crippen LogP contribution is 2.24. The van der Waals surface area contributed by atoms with E-state index in [9.17, 15) is 0 Å². The maximum atomic E-state index is 5.37. The van der Waals surface area contributed by atoms with Gasteiger partial charge >= 0.3 is 0 Å². The van der Waals surface area contributed by atoms with Crippen molar-refractivity contribution in [2.45, 2.75) is 32.0 Å². The molecule has 1 saturated heterocycles. The van der Waals surface area contributed by atoms with Crippen molar-refractivity contribution in [2.24, 2.45) is 0 Å². The molecule has 20 heavy (non-hydrogen) atoms. The second-order valence-corrected chi connectivity index (χ2v) is 5.64. The first-order chi connectivity index (χ1) is 9.63. The van der Waals surface area contributed by atoms with Crippen LogP contribution in [0, 0.1) is 0 Å². The Morgan fingerprint density at radius 2 is 2.20 bits per heavy atom. The summed E-state index contributed by atoms with van der Waals surface area (Å²) in [6, 6.07) is 7.27. The lowest BCUT2D eigenvalue weighted by Gasteiger charge is -2.21. The highest BCUT2D eigenvalue weighted by Gasteiger charge is 2.21. The van der Waals surface area contributed by atoms with Crippen molar-refractivity contribution in [1.29, 1.82) is 0 Å². The zero-order valence-electron chi connectivity index (χ0n) is 13.0. The molecule has 1 N–H and O–H groups in total. The molecule has 1 aromatic carbocycles. The van der Waals surface area contributed by atoms with Gasteiger partial charge in [-0.1, -0.05) is 6.07 Å². The van der Waals surface area contributed by atoms with E-state index in [2.05, 4.69) is 36.3 Å². The lowest BCUT2D eigenvalue weighted by atomic mass is 10.0. The molecule has 2 atom stereocenters. The number of rotatable bonds is 6. The number of nitrogens with zero attached hydrogens (tertiary/aromatic N) is 1. The summed E-state index contributed by atoms with van der Waals surface area (Å²) in [5.74, 6) is 0.892. The van der Waals surface area contributed by atoms with E-state index in [1.54, 1.807) is 14.2 Å². The van der Waals surface area contributed by atoms with Crippen molar-refractivity contribution < 1.29 is 9.47 Å². The maximum Gasteiger partial charge on any atom is 0.124 e. The Balaban J connectivity index is 2.05. The Kier molecular flexibility index (Phi) is 5.40. The van der Waals surface area contributed by atoms with Crippen LogP contribution in [0.1, 0.15) is 30.5 Å². The third-order valence-corrected chi connectivity index (χ3v) is 3.98. The number of likely N-dealkylation sites (N-methyl/N-ethyl adjacent to an activating group) is 1. The molecule has 4 nitrogen and oxygen atoms in total. The summed E-state index contributed by atoms with van der Waals surface area (Å²) in [5, 5.41) is 3.71. The van der Waals surface area contributed by atoms with Crippen molar-refractivity contribution in [1.82, 2.24) is 10.2 Å². The molecule has 1 fully saturated rings. The van der Waals surface area contributed by atoms with E-state index in [0.717, 1.165) is 17.9 Å². The van der Waals surface area contributed by atoms with Crippen LogP contribution in [0.4, 0.5) is 0 Å². The van der Waals surface area contributed by atoms with Crippen LogP contribution in [0.15, 0.2) is 18.2 Å². The van der Waals surface area contributed by atoms with Gasteiger partial charge in [-0.05, 0) is 44.6 Å². The first-order valence-corrected chi connectivity index (χ1v) is 7.24. The average molecular weight is 278 g/mol. The van der Waals surface area contributed by atoms with Gasteiger partial charge in [0.25, 0.3) is 0 Å². The molecule has 2 unspecified atom stereocenters. The van der Waals surface area contributed by atoms with Crippen LogP contribution in [0.3, 0.4) is 0 Å². The van der Waals surface area contributed by atoms with Gasteiger partial charge in [0.2, 0.25) is 0 Å². The lowest BCUT2D eigenvalue weighted by molar-refractivity contribution is 0.181. The number of nitrogens with one attached hydrogen (secondary N) is 1. The molecular weight excluding hydrogens is 252 g/mol. The van der Waals surface area contributed by atoms with E-state index in [-0.39, 0.29) is 0 Å². The second-order valence-electron chi connectivity index (χ2n) is 5.64. The predicted octanol–water partition coefficient (Wildman–Crippen LogP) is 2.20. The van der Waals surface area contributed by atoms with Gasteiger partial charge in [-0.15, -0.1) is 0 Å². The molecule has 0 spiro atoms. The Morgan fingerprint density at radius 3 is 2.80 bits per heavy atom. The summed E-state index contributed by atoms with van der Waals surface area (Å²) in [7, 11) is 5.59. The quantitative estimate of drug-likeness (QED) is 0.865. The van der Waals surface area contributed by atoms with E-state index < -0.39 is 0 Å². The fraction of sp³-hybridized carbons (Fsp3) is 0.625. The standard InChI is InChI=1S/C16H26N2O2/c1-12(17-15-7-8-18(2)10-15)13-5-6-16(20-4)14(9-13)11-19-3/h5-6,9,12,15,17H,7-8,10-11H2,1-4H3. The summed E-state index contributed by atoms with van der Waals surface area (Å²) in [5.41, 5.74) is 2.39. The molecule has 0 saturated carbocycles. The van der Waals surface area contributed by atoms with Gasteiger partial charge in [0.1, 0.15) is 5.75 Å². The number of ether oxygens (including phenoxy) is 2. The number of hydrogen-bond acceptors (Lipinski definition) is 4. The summed E-state index contributed by atoms with van der Waals surface area (Å²) in [6.07, 6.45) is 1.22. The maximum absolute atomic E-state index is 5.37. The minimum absolute atomic E-state index is 0.341. The summed E-state index contributed by atoms with van der Waals surface area (Å²) < 4.78 is 10.6. The van der Waals surface area contributed by atoms with Crippen LogP contribution >= 0.6 is 0 Å². The third-order valence-electron chi connectivity index (χ3n) is 3.98. The zero-order valence-corrected chi connectivity index (χ0v) is 13.0. The van der Waals surface area contributed by atoms with E-state index in [0.29, 0.717) is 18.7 Å². The van der Waals surface area contributed by atoms with E-state index in [4.69, 9.17) is 9.47 Å². The zero-order chi connectivity index (χ0) is 14.5. The molecule has 1 aliphatic heterocycles. The Labute approximate surface area is 122 Å². The van der Waals surface area contributed by atoms with E-state index in [1.807, 2.05) is 6.07 Å². The fourth-order valence-electron chi connectivity index (χ4n) is 2.86. The first-order valence-electron chi connectivity index (χ1n) is 7.24. The molecule has 0 radical (unpaired) electrons. The Bertz CT molecular complexity index is 436. The van der Waals surface area contributed by atoms with Crippen molar-refractivity contribution in [2.75, 3.05) is 34.4 Å². The summed E-state index contributed by atoms with van der Waals surface area (Å²) in [4.78, 5) is 2.37.